The van der Waals surface area contributed by atoms with Crippen molar-refractivity contribution < 1.29 is 5.11 Å². The van der Waals surface area contributed by atoms with Crippen molar-refractivity contribution in [1.82, 2.24) is 5.32 Å². The summed E-state index contributed by atoms with van der Waals surface area (Å²) in [4.78, 5) is 0. The summed E-state index contributed by atoms with van der Waals surface area (Å²) in [6, 6.07) is 7.46. The highest BCUT2D eigenvalue weighted by atomic mass is 16.3. The number of nitrogens with one attached hydrogen (secondary N) is 1. The largest absolute Gasteiger partial charge is 0.508 e. The Kier molecular flexibility index (Phi) is 5.42. The summed E-state index contributed by atoms with van der Waals surface area (Å²) in [5.74, 6) is 0.342. The molecule has 0 saturated heterocycles. The highest BCUT2D eigenvalue weighted by molar-refractivity contribution is 5.29. The Hall–Kier alpha value is -1.28. The maximum Gasteiger partial charge on any atom is 0.115 e. The first kappa shape index (κ1) is 14.8. The van der Waals surface area contributed by atoms with Crippen molar-refractivity contribution in [3.05, 3.63) is 41.5 Å². The minimum absolute atomic E-state index is 0.187. The summed E-state index contributed by atoms with van der Waals surface area (Å²) in [7, 11) is 0. The van der Waals surface area contributed by atoms with E-state index in [-0.39, 0.29) is 5.54 Å². The van der Waals surface area contributed by atoms with E-state index in [9.17, 15) is 5.11 Å². The maximum absolute atomic E-state index is 9.40. The standard InChI is InChI=1S/C16H25NO/c1-13(7-6-10-17-16(2,3)4)11-14-8-5-9-15(18)12-14/h5,7-9,12,17-18H,6,10-11H2,1-4H3. The van der Waals surface area contributed by atoms with Crippen LogP contribution in [-0.2, 0) is 6.42 Å². The van der Waals surface area contributed by atoms with E-state index < -0.39 is 0 Å². The van der Waals surface area contributed by atoms with Crippen molar-refractivity contribution >= 4 is 0 Å². The zero-order valence-electron chi connectivity index (χ0n) is 12.0. The summed E-state index contributed by atoms with van der Waals surface area (Å²) < 4.78 is 0. The number of aromatic hydroxyl groups is 1. The molecule has 0 aliphatic heterocycles. The zero-order chi connectivity index (χ0) is 13.6. The second-order valence-corrected chi connectivity index (χ2v) is 5.86. The maximum atomic E-state index is 9.40. The van der Waals surface area contributed by atoms with Crippen molar-refractivity contribution in [1.29, 1.82) is 0 Å². The van der Waals surface area contributed by atoms with Gasteiger partial charge in [-0.3, -0.25) is 0 Å². The highest BCUT2D eigenvalue weighted by Gasteiger charge is 2.06. The third-order valence-corrected chi connectivity index (χ3v) is 2.69. The minimum atomic E-state index is 0.187. The molecule has 1 aromatic rings. The van der Waals surface area contributed by atoms with E-state index in [2.05, 4.69) is 39.1 Å². The quantitative estimate of drug-likeness (QED) is 0.615. The molecule has 0 aromatic heterocycles. The molecule has 1 rings (SSSR count). The van der Waals surface area contributed by atoms with Gasteiger partial charge in [0.05, 0.1) is 0 Å². The van der Waals surface area contributed by atoms with E-state index in [0.29, 0.717) is 5.75 Å². The first-order valence-corrected chi connectivity index (χ1v) is 6.55. The van der Waals surface area contributed by atoms with Gasteiger partial charge in [-0.15, -0.1) is 0 Å². The van der Waals surface area contributed by atoms with Gasteiger partial charge in [0.15, 0.2) is 0 Å². The number of phenols is 1. The van der Waals surface area contributed by atoms with Crippen LogP contribution in [0, 0.1) is 0 Å². The molecule has 0 aliphatic rings. The number of allylic oxidation sites excluding steroid dienone is 1. The lowest BCUT2D eigenvalue weighted by Gasteiger charge is -2.19. The average molecular weight is 247 g/mol. The van der Waals surface area contributed by atoms with Gasteiger partial charge in [-0.05, 0) is 64.8 Å². The molecule has 0 amide bonds. The van der Waals surface area contributed by atoms with Crippen molar-refractivity contribution in [2.45, 2.75) is 46.1 Å². The summed E-state index contributed by atoms with van der Waals surface area (Å²) in [5, 5.41) is 12.9. The molecule has 2 nitrogen and oxygen atoms in total. The molecule has 0 radical (unpaired) electrons. The number of hydrogen-bond donors (Lipinski definition) is 2. The summed E-state index contributed by atoms with van der Waals surface area (Å²) in [6.45, 7) is 9.67. The fourth-order valence-electron chi connectivity index (χ4n) is 1.83. The summed E-state index contributed by atoms with van der Waals surface area (Å²) in [6.07, 6.45) is 4.22. The Bertz CT molecular complexity index is 402. The van der Waals surface area contributed by atoms with Crippen LogP contribution in [0.1, 0.15) is 39.7 Å². The van der Waals surface area contributed by atoms with Crippen LogP contribution in [0.3, 0.4) is 0 Å². The van der Waals surface area contributed by atoms with Gasteiger partial charge in [-0.25, -0.2) is 0 Å². The SMILES string of the molecule is CC(=CCCNC(C)(C)C)Cc1cccc(O)c1. The Balaban J connectivity index is 2.38. The van der Waals surface area contributed by atoms with Crippen LogP contribution >= 0.6 is 0 Å². The van der Waals surface area contributed by atoms with Crippen molar-refractivity contribution in [2.24, 2.45) is 0 Å². The lowest BCUT2D eigenvalue weighted by atomic mass is 10.0. The first-order chi connectivity index (χ1) is 8.37. The van der Waals surface area contributed by atoms with E-state index in [1.54, 1.807) is 6.07 Å². The molecule has 0 saturated carbocycles. The number of hydrogen-bond acceptors (Lipinski definition) is 2. The smallest absolute Gasteiger partial charge is 0.115 e. The molecule has 18 heavy (non-hydrogen) atoms. The fraction of sp³-hybridized carbons (Fsp3) is 0.500. The van der Waals surface area contributed by atoms with Crippen LogP contribution < -0.4 is 5.32 Å². The van der Waals surface area contributed by atoms with Gasteiger partial charge >= 0.3 is 0 Å². The molecule has 1 aromatic carbocycles. The zero-order valence-corrected chi connectivity index (χ0v) is 12.0. The molecular formula is C16H25NO. The van der Waals surface area contributed by atoms with Crippen molar-refractivity contribution in [3.63, 3.8) is 0 Å². The van der Waals surface area contributed by atoms with Gasteiger partial charge in [0.2, 0.25) is 0 Å². The van der Waals surface area contributed by atoms with E-state index in [1.165, 1.54) is 5.57 Å². The number of benzene rings is 1. The molecule has 2 N–H and O–H groups in total. The third-order valence-electron chi connectivity index (χ3n) is 2.69. The molecule has 100 valence electrons. The highest BCUT2D eigenvalue weighted by Crippen LogP contribution is 2.14. The van der Waals surface area contributed by atoms with Crippen LogP contribution in [-0.4, -0.2) is 17.2 Å². The van der Waals surface area contributed by atoms with Crippen LogP contribution in [0.2, 0.25) is 0 Å². The van der Waals surface area contributed by atoms with Crippen LogP contribution in [0.5, 0.6) is 5.75 Å². The Morgan fingerprint density at radius 2 is 2.06 bits per heavy atom. The normalized spacial score (nSPS) is 12.8. The predicted octanol–water partition coefficient (Wildman–Crippen LogP) is 3.66. The minimum Gasteiger partial charge on any atom is -0.508 e. The Labute approximate surface area is 111 Å². The topological polar surface area (TPSA) is 32.3 Å². The van der Waals surface area contributed by atoms with Gasteiger partial charge in [0.25, 0.3) is 0 Å². The van der Waals surface area contributed by atoms with Gasteiger partial charge < -0.3 is 10.4 Å². The molecule has 0 aliphatic carbocycles. The molecule has 0 atom stereocenters. The molecule has 0 bridgehead atoms. The predicted molar refractivity (Wildman–Crippen MR) is 77.9 cm³/mol. The Morgan fingerprint density at radius 1 is 1.33 bits per heavy atom. The van der Waals surface area contributed by atoms with Gasteiger partial charge in [0, 0.05) is 5.54 Å². The average Bonchev–Trinajstić information content (AvgIpc) is 2.23. The van der Waals surface area contributed by atoms with Gasteiger partial charge in [-0.1, -0.05) is 23.8 Å². The van der Waals surface area contributed by atoms with E-state index in [4.69, 9.17) is 0 Å². The lowest BCUT2D eigenvalue weighted by Crippen LogP contribution is -2.36. The van der Waals surface area contributed by atoms with Crippen LogP contribution in [0.25, 0.3) is 0 Å². The molecule has 0 heterocycles. The van der Waals surface area contributed by atoms with Crippen LogP contribution in [0.4, 0.5) is 0 Å². The second kappa shape index (κ2) is 6.60. The van der Waals surface area contributed by atoms with E-state index in [1.807, 2.05) is 18.2 Å². The number of rotatable bonds is 5. The van der Waals surface area contributed by atoms with Gasteiger partial charge in [-0.2, -0.15) is 0 Å². The second-order valence-electron chi connectivity index (χ2n) is 5.86. The van der Waals surface area contributed by atoms with E-state index >= 15 is 0 Å². The van der Waals surface area contributed by atoms with Gasteiger partial charge in [0.1, 0.15) is 5.75 Å². The summed E-state index contributed by atoms with van der Waals surface area (Å²) >= 11 is 0. The monoisotopic (exact) mass is 247 g/mol. The third kappa shape index (κ3) is 6.45. The molecule has 0 unspecified atom stereocenters. The molecule has 0 fully saturated rings. The molecular weight excluding hydrogens is 222 g/mol. The van der Waals surface area contributed by atoms with Crippen LogP contribution in [0.15, 0.2) is 35.9 Å². The first-order valence-electron chi connectivity index (χ1n) is 6.55. The lowest BCUT2D eigenvalue weighted by molar-refractivity contribution is 0.431. The molecule has 2 heteroatoms. The number of phenolic OH excluding ortho intramolecular Hbond substituents is 1. The fourth-order valence-corrected chi connectivity index (χ4v) is 1.83. The van der Waals surface area contributed by atoms with E-state index in [0.717, 1.165) is 24.9 Å². The molecule has 0 spiro atoms. The van der Waals surface area contributed by atoms with Crippen molar-refractivity contribution in [2.75, 3.05) is 6.54 Å². The Morgan fingerprint density at radius 3 is 2.67 bits per heavy atom. The summed E-state index contributed by atoms with van der Waals surface area (Å²) in [5.41, 5.74) is 2.69. The van der Waals surface area contributed by atoms with Crippen molar-refractivity contribution in [3.8, 4) is 5.75 Å².